The third kappa shape index (κ3) is 4.07. The second-order valence-corrected chi connectivity index (χ2v) is 4.11. The highest BCUT2D eigenvalue weighted by molar-refractivity contribution is 14.1. The predicted octanol–water partition coefficient (Wildman–Crippen LogP) is 3.51. The number of aromatic nitrogens is 1. The lowest BCUT2D eigenvalue weighted by atomic mass is 10.3. The van der Waals surface area contributed by atoms with Gasteiger partial charge in [0.2, 0.25) is 5.75 Å². The van der Waals surface area contributed by atoms with E-state index in [0.717, 1.165) is 22.6 Å². The maximum Gasteiger partial charge on any atom is 0.573 e. The van der Waals surface area contributed by atoms with E-state index < -0.39 is 38.3 Å². The number of nitro groups is 1. The number of ether oxygens (including phenoxy) is 1. The minimum absolute atomic E-state index is 0.252. The van der Waals surface area contributed by atoms with Crippen LogP contribution in [0.1, 0.15) is 5.69 Å². The predicted molar refractivity (Wildman–Crippen MR) is 55.3 cm³/mol. The maximum absolute atomic E-state index is 12.4. The Labute approximate surface area is 113 Å². The molecule has 0 bridgehead atoms. The molecule has 0 fully saturated rings. The van der Waals surface area contributed by atoms with Gasteiger partial charge in [0.25, 0.3) is 5.69 Å². The standard InChI is InChI=1S/C7HF6IN2O3/c8-6(9,10)4-2(14)1-3(19-7(11,12)13)5(15-4)16(17)18/h1H. The zero-order valence-corrected chi connectivity index (χ0v) is 10.5. The molecule has 0 atom stereocenters. The minimum atomic E-state index is -5.28. The molecule has 0 radical (unpaired) electrons. The molecule has 0 saturated heterocycles. The third-order valence-electron chi connectivity index (χ3n) is 1.59. The topological polar surface area (TPSA) is 65.3 Å². The van der Waals surface area contributed by atoms with E-state index >= 15 is 0 Å². The minimum Gasteiger partial charge on any atom is -0.397 e. The molecule has 0 amide bonds. The first-order chi connectivity index (χ1) is 8.42. The van der Waals surface area contributed by atoms with E-state index in [-0.39, 0.29) is 6.07 Å². The first-order valence-electron chi connectivity index (χ1n) is 4.09. The van der Waals surface area contributed by atoms with Crippen LogP contribution < -0.4 is 4.74 Å². The molecule has 12 heteroatoms. The summed E-state index contributed by atoms with van der Waals surface area (Å²) in [7, 11) is 0. The van der Waals surface area contributed by atoms with Gasteiger partial charge in [-0.2, -0.15) is 13.2 Å². The number of rotatable bonds is 2. The number of pyridine rings is 1. The average Bonchev–Trinajstić information content (AvgIpc) is 2.11. The Morgan fingerprint density at radius 1 is 1.26 bits per heavy atom. The highest BCUT2D eigenvalue weighted by atomic mass is 127. The van der Waals surface area contributed by atoms with Crippen LogP contribution in [0.3, 0.4) is 0 Å². The van der Waals surface area contributed by atoms with E-state index in [1.807, 2.05) is 0 Å². The Kier molecular flexibility index (Phi) is 4.11. The van der Waals surface area contributed by atoms with Crippen molar-refractivity contribution in [3.63, 3.8) is 0 Å². The highest BCUT2D eigenvalue weighted by Gasteiger charge is 2.43. The molecular formula is C7HF6IN2O3. The lowest BCUT2D eigenvalue weighted by Gasteiger charge is -2.10. The highest BCUT2D eigenvalue weighted by Crippen LogP contribution is 2.38. The number of hydrogen-bond donors (Lipinski definition) is 0. The molecule has 0 aliphatic heterocycles. The molecule has 1 aromatic heterocycles. The van der Waals surface area contributed by atoms with Gasteiger partial charge in [-0.15, -0.1) is 13.2 Å². The molecule has 106 valence electrons. The first kappa shape index (κ1) is 15.7. The van der Waals surface area contributed by atoms with Crippen LogP contribution in [0.4, 0.5) is 32.2 Å². The van der Waals surface area contributed by atoms with Gasteiger partial charge < -0.3 is 14.9 Å². The molecule has 19 heavy (non-hydrogen) atoms. The molecule has 0 N–H and O–H groups in total. The van der Waals surface area contributed by atoms with Crippen molar-refractivity contribution in [3.05, 3.63) is 25.4 Å². The summed E-state index contributed by atoms with van der Waals surface area (Å²) in [5, 5.41) is 10.4. The van der Waals surface area contributed by atoms with Crippen molar-refractivity contribution < 1.29 is 36.0 Å². The summed E-state index contributed by atoms with van der Waals surface area (Å²) in [6.07, 6.45) is -10.3. The summed E-state index contributed by atoms with van der Waals surface area (Å²) in [6.45, 7) is 0. The van der Waals surface area contributed by atoms with E-state index in [1.165, 1.54) is 0 Å². The van der Waals surface area contributed by atoms with Crippen LogP contribution in [0.15, 0.2) is 6.07 Å². The van der Waals surface area contributed by atoms with Gasteiger partial charge in [-0.25, -0.2) is 0 Å². The smallest absolute Gasteiger partial charge is 0.397 e. The van der Waals surface area contributed by atoms with Crippen molar-refractivity contribution >= 4 is 28.4 Å². The fourth-order valence-electron chi connectivity index (χ4n) is 0.992. The maximum atomic E-state index is 12.4. The molecule has 0 aliphatic rings. The lowest BCUT2D eigenvalue weighted by Crippen LogP contribution is -2.20. The SMILES string of the molecule is O=[N+]([O-])c1nc(C(F)(F)F)c(I)cc1OC(F)(F)F. The van der Waals surface area contributed by atoms with Crippen molar-refractivity contribution in [1.29, 1.82) is 0 Å². The van der Waals surface area contributed by atoms with Crippen LogP contribution in [0.25, 0.3) is 0 Å². The Hall–Kier alpha value is -1.34. The van der Waals surface area contributed by atoms with Crippen molar-refractivity contribution in [3.8, 4) is 5.75 Å². The fourth-order valence-corrected chi connectivity index (χ4v) is 1.70. The Bertz CT molecular complexity index is 515. The van der Waals surface area contributed by atoms with Gasteiger partial charge in [0, 0.05) is 6.07 Å². The number of nitrogens with zero attached hydrogens (tertiary/aromatic N) is 2. The summed E-state index contributed by atoms with van der Waals surface area (Å²) in [5.41, 5.74) is -1.66. The molecule has 1 aromatic rings. The first-order valence-corrected chi connectivity index (χ1v) is 5.17. The van der Waals surface area contributed by atoms with Crippen molar-refractivity contribution in [2.45, 2.75) is 12.5 Å². The van der Waals surface area contributed by atoms with Gasteiger partial charge in [0.15, 0.2) is 0 Å². The van der Waals surface area contributed by atoms with E-state index in [0.29, 0.717) is 0 Å². The lowest BCUT2D eigenvalue weighted by molar-refractivity contribution is -0.393. The van der Waals surface area contributed by atoms with Crippen LogP contribution in [-0.4, -0.2) is 16.3 Å². The van der Waals surface area contributed by atoms with E-state index in [4.69, 9.17) is 0 Å². The summed E-state index contributed by atoms with van der Waals surface area (Å²) in [5.74, 6) is -3.07. The monoisotopic (exact) mass is 402 g/mol. The van der Waals surface area contributed by atoms with Crippen molar-refractivity contribution in [2.75, 3.05) is 0 Å². The summed E-state index contributed by atoms with van der Waals surface area (Å²) in [4.78, 5) is 11.5. The molecule has 0 spiro atoms. The summed E-state index contributed by atoms with van der Waals surface area (Å²) in [6, 6.07) is 0.252. The molecule has 0 saturated carbocycles. The molecule has 1 rings (SSSR count). The second kappa shape index (κ2) is 4.97. The largest absolute Gasteiger partial charge is 0.573 e. The zero-order chi connectivity index (χ0) is 15.0. The quantitative estimate of drug-likeness (QED) is 0.329. The Morgan fingerprint density at radius 2 is 1.79 bits per heavy atom. The van der Waals surface area contributed by atoms with Gasteiger partial charge in [-0.05, 0) is 32.5 Å². The second-order valence-electron chi connectivity index (χ2n) is 2.94. The molecule has 0 unspecified atom stereocenters. The fraction of sp³-hybridized carbons (Fsp3) is 0.286. The Morgan fingerprint density at radius 3 is 2.16 bits per heavy atom. The van der Waals surface area contributed by atoms with Crippen molar-refractivity contribution in [2.24, 2.45) is 0 Å². The number of alkyl halides is 6. The van der Waals surface area contributed by atoms with Gasteiger partial charge in [-0.1, -0.05) is 0 Å². The van der Waals surface area contributed by atoms with Gasteiger partial charge in [-0.3, -0.25) is 0 Å². The summed E-state index contributed by atoms with van der Waals surface area (Å²) >= 11 is 1.05. The molecule has 0 aliphatic carbocycles. The van der Waals surface area contributed by atoms with Gasteiger partial charge in [0.1, 0.15) is 0 Å². The van der Waals surface area contributed by atoms with E-state index in [1.54, 1.807) is 0 Å². The van der Waals surface area contributed by atoms with E-state index in [9.17, 15) is 36.5 Å². The van der Waals surface area contributed by atoms with Crippen LogP contribution in [-0.2, 0) is 6.18 Å². The number of halogens is 7. The Balaban J connectivity index is 3.42. The van der Waals surface area contributed by atoms with Gasteiger partial charge >= 0.3 is 18.4 Å². The summed E-state index contributed by atoms with van der Waals surface area (Å²) < 4.78 is 75.6. The molecule has 0 aromatic carbocycles. The van der Waals surface area contributed by atoms with E-state index in [2.05, 4.69) is 9.72 Å². The van der Waals surface area contributed by atoms with Gasteiger partial charge in [0.05, 0.1) is 3.57 Å². The van der Waals surface area contributed by atoms with Crippen LogP contribution in [0.5, 0.6) is 5.75 Å². The normalized spacial score (nSPS) is 12.4. The molecule has 5 nitrogen and oxygen atoms in total. The number of hydrogen-bond acceptors (Lipinski definition) is 4. The molecular weight excluding hydrogens is 401 g/mol. The van der Waals surface area contributed by atoms with Crippen molar-refractivity contribution in [1.82, 2.24) is 4.98 Å². The third-order valence-corrected chi connectivity index (χ3v) is 2.41. The van der Waals surface area contributed by atoms with Crippen LogP contribution in [0.2, 0.25) is 0 Å². The van der Waals surface area contributed by atoms with Crippen LogP contribution >= 0.6 is 22.6 Å². The van der Waals surface area contributed by atoms with Crippen LogP contribution in [0, 0.1) is 13.7 Å². The average molecular weight is 402 g/mol. The zero-order valence-electron chi connectivity index (χ0n) is 8.34. The molecule has 1 heterocycles.